The van der Waals surface area contributed by atoms with Crippen LogP contribution in [-0.2, 0) is 14.4 Å². The third-order valence-electron chi connectivity index (χ3n) is 4.61. The maximum Gasteiger partial charge on any atom is 0.314 e. The number of amides is 2. The summed E-state index contributed by atoms with van der Waals surface area (Å²) in [6.45, 7) is 6.24. The normalized spacial score (nSPS) is 25.4. The van der Waals surface area contributed by atoms with Crippen LogP contribution in [0.5, 0.6) is 0 Å². The molecule has 1 saturated carbocycles. The zero-order valence-electron chi connectivity index (χ0n) is 15.4. The Bertz CT molecular complexity index is 599. The number of carbonyl (C=O) groups is 3. The van der Waals surface area contributed by atoms with Crippen molar-refractivity contribution in [1.82, 2.24) is 10.6 Å². The third-order valence-corrected chi connectivity index (χ3v) is 4.61. The van der Waals surface area contributed by atoms with E-state index >= 15 is 0 Å². The molecule has 0 saturated heterocycles. The summed E-state index contributed by atoms with van der Waals surface area (Å²) in [7, 11) is 0. The third kappa shape index (κ3) is 7.23. The number of carbonyl (C=O) groups excluding carboxylic acids is 2. The summed E-state index contributed by atoms with van der Waals surface area (Å²) in [4.78, 5) is 48.0. The Kier molecular flexibility index (Phi) is 7.32. The zero-order chi connectivity index (χ0) is 20.0. The first-order chi connectivity index (χ1) is 12.0. The van der Waals surface area contributed by atoms with Crippen LogP contribution in [0.2, 0.25) is 0 Å². The lowest BCUT2D eigenvalue weighted by Gasteiger charge is -2.45. The first-order valence-corrected chi connectivity index (χ1v) is 8.50. The molecule has 9 nitrogen and oxygen atoms in total. The molecule has 1 fully saturated rings. The van der Waals surface area contributed by atoms with Crippen LogP contribution in [0.3, 0.4) is 0 Å². The Hall–Kier alpha value is -2.41. The van der Waals surface area contributed by atoms with Gasteiger partial charge in [-0.05, 0) is 30.1 Å². The summed E-state index contributed by atoms with van der Waals surface area (Å²) in [5, 5.41) is 22.8. The molecule has 146 valence electrons. The van der Waals surface area contributed by atoms with E-state index in [1.807, 2.05) is 6.92 Å². The molecule has 3 unspecified atom stereocenters. The van der Waals surface area contributed by atoms with Gasteiger partial charge in [0.05, 0.1) is 18.4 Å². The molecule has 0 aromatic rings. The minimum Gasteiger partial charge on any atom is -0.481 e. The van der Waals surface area contributed by atoms with Crippen LogP contribution in [0.4, 0.5) is 4.79 Å². The van der Waals surface area contributed by atoms with E-state index in [2.05, 4.69) is 29.5 Å². The van der Waals surface area contributed by atoms with Crippen molar-refractivity contribution in [2.24, 2.45) is 21.7 Å². The number of carboxylic acids is 2. The number of nitrogens with one attached hydrogen (secondary N) is 2. The zero-order valence-corrected chi connectivity index (χ0v) is 15.4. The minimum absolute atomic E-state index is 0.0357. The molecule has 0 aromatic heterocycles. The van der Waals surface area contributed by atoms with Crippen molar-refractivity contribution in [3.63, 3.8) is 0 Å². The molecule has 0 bridgehead atoms. The Labute approximate surface area is 152 Å². The molecule has 3 atom stereocenters. The second kappa shape index (κ2) is 8.80. The predicted molar refractivity (Wildman–Crippen MR) is 92.4 cm³/mol. The molecule has 0 aromatic carbocycles. The van der Waals surface area contributed by atoms with Crippen molar-refractivity contribution in [3.05, 3.63) is 0 Å². The predicted octanol–water partition coefficient (Wildman–Crippen LogP) is 1.38. The molecular formula is C17H27N3O6. The molecule has 0 radical (unpaired) electrons. The van der Waals surface area contributed by atoms with Crippen molar-refractivity contribution in [2.45, 2.75) is 52.5 Å². The highest BCUT2D eigenvalue weighted by Gasteiger charge is 2.41. The van der Waals surface area contributed by atoms with Gasteiger partial charge in [0.2, 0.25) is 6.08 Å². The second-order valence-corrected chi connectivity index (χ2v) is 8.13. The second-order valence-electron chi connectivity index (χ2n) is 8.13. The van der Waals surface area contributed by atoms with E-state index in [4.69, 9.17) is 10.2 Å². The topological polar surface area (TPSA) is 145 Å². The maximum atomic E-state index is 12.0. The molecule has 1 rings (SSSR count). The van der Waals surface area contributed by atoms with Crippen molar-refractivity contribution in [1.29, 1.82) is 0 Å². The Morgan fingerprint density at radius 2 is 1.85 bits per heavy atom. The van der Waals surface area contributed by atoms with E-state index in [9.17, 15) is 19.2 Å². The highest BCUT2D eigenvalue weighted by molar-refractivity contribution is 5.79. The van der Waals surface area contributed by atoms with Crippen LogP contribution in [-0.4, -0.2) is 53.4 Å². The summed E-state index contributed by atoms with van der Waals surface area (Å²) in [6, 6.07) is -0.695. The van der Waals surface area contributed by atoms with E-state index in [1.165, 1.54) is 0 Å². The molecule has 0 spiro atoms. The van der Waals surface area contributed by atoms with Crippen molar-refractivity contribution < 1.29 is 29.4 Å². The van der Waals surface area contributed by atoms with E-state index in [1.54, 1.807) is 6.08 Å². The molecule has 1 aliphatic carbocycles. The molecular weight excluding hydrogens is 342 g/mol. The van der Waals surface area contributed by atoms with Crippen LogP contribution in [0.1, 0.15) is 46.5 Å². The van der Waals surface area contributed by atoms with E-state index in [-0.39, 0.29) is 23.4 Å². The fourth-order valence-electron chi connectivity index (χ4n) is 3.91. The number of isocyanates is 1. The molecule has 4 N–H and O–H groups in total. The van der Waals surface area contributed by atoms with E-state index in [0.29, 0.717) is 13.0 Å². The van der Waals surface area contributed by atoms with Gasteiger partial charge in [0.1, 0.15) is 0 Å². The number of nitrogens with zero attached hydrogens (tertiary/aromatic N) is 1. The Morgan fingerprint density at radius 1 is 1.19 bits per heavy atom. The van der Waals surface area contributed by atoms with Gasteiger partial charge in [-0.25, -0.2) is 14.6 Å². The standard InChI is InChI=1S/C17H27N3O6/c1-16(2)5-12(20-10-21)6-17(3,8-16)9-19-15(26)18-7-11(14(24)25)4-13(22)23/h11-12H,4-9H2,1-3H3,(H,22,23)(H,24,25)(H2,18,19,26). The van der Waals surface area contributed by atoms with Gasteiger partial charge in [-0.1, -0.05) is 20.8 Å². The lowest BCUT2D eigenvalue weighted by molar-refractivity contribution is -0.148. The van der Waals surface area contributed by atoms with Gasteiger partial charge in [-0.3, -0.25) is 9.59 Å². The fraction of sp³-hybridized carbons (Fsp3) is 0.765. The molecule has 1 aliphatic rings. The Balaban J connectivity index is 2.58. The van der Waals surface area contributed by atoms with Gasteiger partial charge in [0.15, 0.2) is 0 Å². The average molecular weight is 369 g/mol. The van der Waals surface area contributed by atoms with E-state index in [0.717, 1.165) is 12.8 Å². The first-order valence-electron chi connectivity index (χ1n) is 8.50. The van der Waals surface area contributed by atoms with Crippen molar-refractivity contribution in [2.75, 3.05) is 13.1 Å². The van der Waals surface area contributed by atoms with Gasteiger partial charge in [0, 0.05) is 13.1 Å². The van der Waals surface area contributed by atoms with Gasteiger partial charge in [-0.15, -0.1) is 0 Å². The molecule has 2 amide bonds. The highest BCUT2D eigenvalue weighted by Crippen LogP contribution is 2.46. The number of aliphatic imine (C=N–C) groups is 1. The Morgan fingerprint density at radius 3 is 2.38 bits per heavy atom. The number of urea groups is 1. The minimum atomic E-state index is -1.27. The lowest BCUT2D eigenvalue weighted by Crippen LogP contribution is -2.48. The SMILES string of the molecule is CC1(C)CC(N=C=O)CC(C)(CNC(=O)NCC(CC(=O)O)C(=O)O)C1. The van der Waals surface area contributed by atoms with Crippen LogP contribution >= 0.6 is 0 Å². The molecule has 0 heterocycles. The van der Waals surface area contributed by atoms with Crippen LogP contribution in [0.25, 0.3) is 0 Å². The largest absolute Gasteiger partial charge is 0.481 e. The lowest BCUT2D eigenvalue weighted by atomic mass is 9.63. The number of hydrogen-bond acceptors (Lipinski definition) is 5. The van der Waals surface area contributed by atoms with Crippen molar-refractivity contribution >= 4 is 24.0 Å². The summed E-state index contributed by atoms with van der Waals surface area (Å²) in [5.41, 5.74) is -0.302. The average Bonchev–Trinajstić information content (AvgIpc) is 2.47. The van der Waals surface area contributed by atoms with Crippen LogP contribution in [0, 0.1) is 16.7 Å². The fourth-order valence-corrected chi connectivity index (χ4v) is 3.91. The highest BCUT2D eigenvalue weighted by atomic mass is 16.4. The van der Waals surface area contributed by atoms with Crippen LogP contribution < -0.4 is 10.6 Å². The maximum absolute atomic E-state index is 12.0. The summed E-state index contributed by atoms with van der Waals surface area (Å²) in [6.07, 6.45) is 3.30. The van der Waals surface area contributed by atoms with Gasteiger partial charge in [0.25, 0.3) is 0 Å². The quantitative estimate of drug-likeness (QED) is 0.376. The van der Waals surface area contributed by atoms with Crippen molar-refractivity contribution in [3.8, 4) is 0 Å². The summed E-state index contributed by atoms with van der Waals surface area (Å²) >= 11 is 0. The molecule has 9 heteroatoms. The molecule has 0 aliphatic heterocycles. The number of carboxylic acid groups (broad SMARTS) is 2. The van der Waals surface area contributed by atoms with E-state index < -0.39 is 30.3 Å². The number of hydrogen-bond donors (Lipinski definition) is 4. The van der Waals surface area contributed by atoms with Gasteiger partial charge in [-0.2, -0.15) is 0 Å². The molecule has 26 heavy (non-hydrogen) atoms. The number of rotatable bonds is 8. The summed E-state index contributed by atoms with van der Waals surface area (Å²) < 4.78 is 0. The van der Waals surface area contributed by atoms with Crippen LogP contribution in [0.15, 0.2) is 4.99 Å². The monoisotopic (exact) mass is 369 g/mol. The smallest absolute Gasteiger partial charge is 0.314 e. The van der Waals surface area contributed by atoms with Gasteiger partial charge >= 0.3 is 18.0 Å². The van der Waals surface area contributed by atoms with Gasteiger partial charge < -0.3 is 20.8 Å². The first kappa shape index (κ1) is 21.6. The summed E-state index contributed by atoms with van der Waals surface area (Å²) in [5.74, 6) is -3.70. The number of aliphatic carboxylic acids is 2.